The Morgan fingerprint density at radius 1 is 1.29 bits per heavy atom. The van der Waals surface area contributed by atoms with Gasteiger partial charge in [0.2, 0.25) is 0 Å². The molecule has 21 heavy (non-hydrogen) atoms. The molecule has 0 atom stereocenters. The molecule has 2 aromatic rings. The van der Waals surface area contributed by atoms with Crippen LogP contribution in [0, 0.1) is 0 Å². The van der Waals surface area contributed by atoms with Gasteiger partial charge in [-0.05, 0) is 58.6 Å². The summed E-state index contributed by atoms with van der Waals surface area (Å²) in [6.07, 6.45) is 2.12. The first kappa shape index (κ1) is 14.2. The van der Waals surface area contributed by atoms with E-state index >= 15 is 0 Å². The zero-order chi connectivity index (χ0) is 14.8. The number of ether oxygens (including phenoxy) is 1. The number of carbonyl (C=O) groups is 1. The molecule has 1 amide bonds. The van der Waals surface area contributed by atoms with Gasteiger partial charge < -0.3 is 14.1 Å². The molecule has 5 heteroatoms. The van der Waals surface area contributed by atoms with Crippen molar-refractivity contribution in [1.82, 2.24) is 4.90 Å². The SMILES string of the molecule is COc1ccc(CN(C(=O)c2ccc(Br)o2)C2CC2)cc1. The van der Waals surface area contributed by atoms with E-state index in [1.165, 1.54) is 0 Å². The predicted octanol–water partition coefficient (Wildman–Crippen LogP) is 3.86. The molecule has 3 rings (SSSR count). The third-order valence-corrected chi connectivity index (χ3v) is 3.97. The maximum absolute atomic E-state index is 12.6. The smallest absolute Gasteiger partial charge is 0.290 e. The second-order valence-electron chi connectivity index (χ2n) is 5.12. The summed E-state index contributed by atoms with van der Waals surface area (Å²) in [5.74, 6) is 1.14. The summed E-state index contributed by atoms with van der Waals surface area (Å²) in [4.78, 5) is 14.4. The molecule has 1 aliphatic carbocycles. The predicted molar refractivity (Wildman–Crippen MR) is 82.3 cm³/mol. The van der Waals surface area contributed by atoms with E-state index in [1.807, 2.05) is 29.2 Å². The van der Waals surface area contributed by atoms with Gasteiger partial charge in [0.05, 0.1) is 7.11 Å². The number of amides is 1. The molecule has 1 heterocycles. The van der Waals surface area contributed by atoms with E-state index < -0.39 is 0 Å². The Hall–Kier alpha value is -1.75. The normalized spacial score (nSPS) is 14.0. The summed E-state index contributed by atoms with van der Waals surface area (Å²) in [7, 11) is 1.64. The van der Waals surface area contributed by atoms with Crippen molar-refractivity contribution in [2.45, 2.75) is 25.4 Å². The highest BCUT2D eigenvalue weighted by molar-refractivity contribution is 9.10. The number of furan rings is 1. The lowest BCUT2D eigenvalue weighted by atomic mass is 10.2. The topological polar surface area (TPSA) is 42.7 Å². The number of carbonyl (C=O) groups excluding carboxylic acids is 1. The van der Waals surface area contributed by atoms with Gasteiger partial charge >= 0.3 is 0 Å². The zero-order valence-corrected chi connectivity index (χ0v) is 13.3. The first-order valence-corrected chi connectivity index (χ1v) is 7.66. The van der Waals surface area contributed by atoms with Crippen molar-refractivity contribution in [3.63, 3.8) is 0 Å². The molecule has 0 bridgehead atoms. The van der Waals surface area contributed by atoms with Crippen molar-refractivity contribution in [3.05, 3.63) is 52.4 Å². The summed E-state index contributed by atoms with van der Waals surface area (Å²) in [5, 5.41) is 0. The van der Waals surface area contributed by atoms with Gasteiger partial charge in [-0.25, -0.2) is 0 Å². The summed E-state index contributed by atoms with van der Waals surface area (Å²) >= 11 is 3.23. The van der Waals surface area contributed by atoms with Crippen molar-refractivity contribution in [3.8, 4) is 5.75 Å². The van der Waals surface area contributed by atoms with Gasteiger partial charge in [-0.2, -0.15) is 0 Å². The largest absolute Gasteiger partial charge is 0.497 e. The number of benzene rings is 1. The Balaban J connectivity index is 1.76. The first-order chi connectivity index (χ1) is 10.2. The number of halogens is 1. The molecule has 1 saturated carbocycles. The van der Waals surface area contributed by atoms with Crippen molar-refractivity contribution in [2.75, 3.05) is 7.11 Å². The molecule has 1 aromatic heterocycles. The van der Waals surface area contributed by atoms with Crippen LogP contribution in [0.3, 0.4) is 0 Å². The zero-order valence-electron chi connectivity index (χ0n) is 11.7. The monoisotopic (exact) mass is 349 g/mol. The highest BCUT2D eigenvalue weighted by Crippen LogP contribution is 2.30. The fourth-order valence-corrected chi connectivity index (χ4v) is 2.56. The number of methoxy groups -OCH3 is 1. The maximum Gasteiger partial charge on any atom is 0.290 e. The Labute approximate surface area is 131 Å². The van der Waals surface area contributed by atoms with Crippen LogP contribution in [0.4, 0.5) is 0 Å². The lowest BCUT2D eigenvalue weighted by Gasteiger charge is -2.21. The van der Waals surface area contributed by atoms with Crippen LogP contribution in [-0.4, -0.2) is 24.0 Å². The highest BCUT2D eigenvalue weighted by atomic mass is 79.9. The summed E-state index contributed by atoms with van der Waals surface area (Å²) in [6.45, 7) is 0.589. The highest BCUT2D eigenvalue weighted by Gasteiger charge is 2.34. The van der Waals surface area contributed by atoms with Crippen LogP contribution in [0.5, 0.6) is 5.75 Å². The van der Waals surface area contributed by atoms with E-state index in [-0.39, 0.29) is 5.91 Å². The molecule has 110 valence electrons. The van der Waals surface area contributed by atoms with Crippen LogP contribution in [0.15, 0.2) is 45.5 Å². The number of hydrogen-bond acceptors (Lipinski definition) is 3. The molecule has 0 radical (unpaired) electrons. The first-order valence-electron chi connectivity index (χ1n) is 6.86. The molecular weight excluding hydrogens is 334 g/mol. The van der Waals surface area contributed by atoms with Gasteiger partial charge in [0.15, 0.2) is 10.4 Å². The fraction of sp³-hybridized carbons (Fsp3) is 0.312. The standard InChI is InChI=1S/C16H16BrNO3/c1-20-13-6-2-11(3-7-13)10-18(12-4-5-12)16(19)14-8-9-15(17)21-14/h2-3,6-9,12H,4-5,10H2,1H3. The molecule has 0 aliphatic heterocycles. The van der Waals surface area contributed by atoms with Crippen LogP contribution in [-0.2, 0) is 6.54 Å². The number of hydrogen-bond donors (Lipinski definition) is 0. The van der Waals surface area contributed by atoms with E-state index in [0.29, 0.717) is 23.0 Å². The van der Waals surface area contributed by atoms with Gasteiger partial charge in [-0.15, -0.1) is 0 Å². The van der Waals surface area contributed by atoms with Gasteiger partial charge in [0.25, 0.3) is 5.91 Å². The van der Waals surface area contributed by atoms with E-state index in [1.54, 1.807) is 19.2 Å². The third-order valence-electron chi connectivity index (χ3n) is 3.54. The van der Waals surface area contributed by atoms with Crippen molar-refractivity contribution < 1.29 is 13.9 Å². The van der Waals surface area contributed by atoms with Gasteiger partial charge in [0.1, 0.15) is 5.75 Å². The van der Waals surface area contributed by atoms with E-state index in [4.69, 9.17) is 9.15 Å². The molecular formula is C16H16BrNO3. The molecule has 0 N–H and O–H groups in total. The van der Waals surface area contributed by atoms with Gasteiger partial charge in [-0.3, -0.25) is 4.79 Å². The Bertz CT molecular complexity index is 631. The molecule has 4 nitrogen and oxygen atoms in total. The van der Waals surface area contributed by atoms with Gasteiger partial charge in [-0.1, -0.05) is 12.1 Å². The van der Waals surface area contributed by atoms with Crippen LogP contribution in [0.25, 0.3) is 0 Å². The molecule has 0 saturated heterocycles. The minimum Gasteiger partial charge on any atom is -0.497 e. The Kier molecular flexibility index (Phi) is 4.01. The maximum atomic E-state index is 12.6. The minimum atomic E-state index is -0.0565. The van der Waals surface area contributed by atoms with Gasteiger partial charge in [0, 0.05) is 12.6 Å². The Morgan fingerprint density at radius 3 is 2.52 bits per heavy atom. The average Bonchev–Trinajstić information content (AvgIpc) is 3.26. The van der Waals surface area contributed by atoms with Crippen LogP contribution in [0.2, 0.25) is 0 Å². The average molecular weight is 350 g/mol. The molecule has 1 aliphatic rings. The second kappa shape index (κ2) is 5.93. The minimum absolute atomic E-state index is 0.0565. The molecule has 1 fully saturated rings. The van der Waals surface area contributed by atoms with Crippen LogP contribution >= 0.6 is 15.9 Å². The van der Waals surface area contributed by atoms with E-state index in [0.717, 1.165) is 24.2 Å². The van der Waals surface area contributed by atoms with E-state index in [9.17, 15) is 4.79 Å². The van der Waals surface area contributed by atoms with Crippen molar-refractivity contribution >= 4 is 21.8 Å². The molecule has 0 unspecified atom stereocenters. The Morgan fingerprint density at radius 2 is 2.00 bits per heavy atom. The van der Waals surface area contributed by atoms with E-state index in [2.05, 4.69) is 15.9 Å². The molecule has 0 spiro atoms. The lowest BCUT2D eigenvalue weighted by Crippen LogP contribution is -2.32. The van der Waals surface area contributed by atoms with Crippen molar-refractivity contribution in [1.29, 1.82) is 0 Å². The third kappa shape index (κ3) is 3.29. The summed E-state index contributed by atoms with van der Waals surface area (Å²) < 4.78 is 11.1. The number of nitrogens with zero attached hydrogens (tertiary/aromatic N) is 1. The van der Waals surface area contributed by atoms with Crippen molar-refractivity contribution in [2.24, 2.45) is 0 Å². The summed E-state index contributed by atoms with van der Waals surface area (Å²) in [5.41, 5.74) is 1.08. The molecule has 1 aromatic carbocycles. The second-order valence-corrected chi connectivity index (χ2v) is 5.90. The summed E-state index contributed by atoms with van der Waals surface area (Å²) in [6, 6.07) is 11.6. The fourth-order valence-electron chi connectivity index (χ4n) is 2.25. The van der Waals surface area contributed by atoms with Crippen LogP contribution in [0.1, 0.15) is 29.0 Å². The quantitative estimate of drug-likeness (QED) is 0.823. The number of rotatable bonds is 5. The van der Waals surface area contributed by atoms with Crippen LogP contribution < -0.4 is 4.74 Å². The lowest BCUT2D eigenvalue weighted by molar-refractivity contribution is 0.0696.